The summed E-state index contributed by atoms with van der Waals surface area (Å²) in [6.07, 6.45) is -72.6. The van der Waals surface area contributed by atoms with Gasteiger partial charge < -0.3 is 38.3 Å². The molecular weight excluding hydrogens is 957 g/mol. The highest BCUT2D eigenvalue weighted by molar-refractivity contribution is 5.67. The molecule has 0 heterocycles. The van der Waals surface area contributed by atoms with Crippen LogP contribution in [0, 0.1) is 5.41 Å². The summed E-state index contributed by atoms with van der Waals surface area (Å²) < 4.78 is 393. The first kappa shape index (κ1) is 58.3. The third kappa shape index (κ3) is 13.2. The molecule has 0 atom stereocenters. The van der Waals surface area contributed by atoms with E-state index in [2.05, 4.69) is 28.4 Å². The first-order chi connectivity index (χ1) is 26.8. The highest BCUT2D eigenvalue weighted by atomic mass is 19.5. The van der Waals surface area contributed by atoms with E-state index in [9.17, 15) is 123 Å². The Morgan fingerprint density at radius 2 is 0.508 bits per heavy atom. The maximum absolute atomic E-state index is 13.6. The molecule has 0 spiro atoms. The van der Waals surface area contributed by atoms with Crippen molar-refractivity contribution in [1.29, 1.82) is 0 Å². The van der Waals surface area contributed by atoms with Crippen LogP contribution in [-0.2, 0) is 38.0 Å². The zero-order chi connectivity index (χ0) is 48.8. The number of carboxylic acids is 1. The van der Waals surface area contributed by atoms with Gasteiger partial charge in [-0.05, 0) is 0 Å². The fourth-order valence-corrected chi connectivity index (χ4v) is 4.22. The summed E-state index contributed by atoms with van der Waals surface area (Å²) in [5.41, 5.74) is -29.0. The number of halogens is 27. The SMILES string of the molecule is O=C(O)COCCOCCOCCOCC(COC(C(F)(F)F)(C(F)(F)F)C(F)(F)F)(COC(C(F)(F)F)(C(F)(F)F)C(F)(F)F)COC(C(F)(F)F)(C(F)(F)F)C(F)(F)F. The van der Waals surface area contributed by atoms with E-state index in [1.807, 2.05) is 0 Å². The topological polar surface area (TPSA) is 102 Å². The predicted octanol–water partition coefficient (Wildman–Crippen LogP) is 8.45. The van der Waals surface area contributed by atoms with Crippen molar-refractivity contribution in [2.75, 3.05) is 72.7 Å². The second-order valence-corrected chi connectivity index (χ2v) is 11.6. The number of rotatable bonds is 22. The highest BCUT2D eigenvalue weighted by Crippen LogP contribution is 2.59. The predicted molar refractivity (Wildman–Crippen MR) is 134 cm³/mol. The largest absolute Gasteiger partial charge is 0.480 e. The van der Waals surface area contributed by atoms with E-state index in [0.29, 0.717) is 0 Å². The van der Waals surface area contributed by atoms with Crippen LogP contribution in [0.5, 0.6) is 0 Å². The Morgan fingerprint density at radius 3 is 0.705 bits per heavy atom. The molecule has 1 N–H and O–H groups in total. The van der Waals surface area contributed by atoms with Crippen molar-refractivity contribution in [3.05, 3.63) is 0 Å². The number of alkyl halides is 27. The molecule has 9 nitrogen and oxygen atoms in total. The van der Waals surface area contributed by atoms with Crippen LogP contribution in [-0.4, -0.2) is 156 Å². The molecule has 366 valence electrons. The first-order valence-electron chi connectivity index (χ1n) is 14.8. The van der Waals surface area contributed by atoms with E-state index < -0.39 is 156 Å². The minimum atomic E-state index is -8.07. The second kappa shape index (κ2) is 19.6. The third-order valence-electron chi connectivity index (χ3n) is 7.13. The van der Waals surface area contributed by atoms with Crippen molar-refractivity contribution >= 4 is 5.97 Å². The van der Waals surface area contributed by atoms with Gasteiger partial charge >= 0.3 is 78.4 Å². The zero-order valence-corrected chi connectivity index (χ0v) is 28.7. The molecular formula is C25H23F27O9. The van der Waals surface area contributed by atoms with E-state index in [1.54, 1.807) is 0 Å². The Labute approximate surface area is 319 Å². The maximum Gasteiger partial charge on any atom is 0.435 e. The molecule has 0 unspecified atom stereocenters. The number of hydrogen-bond acceptors (Lipinski definition) is 8. The normalized spacial score (nSPS) is 15.5. The molecule has 0 amide bonds. The molecule has 61 heavy (non-hydrogen) atoms. The van der Waals surface area contributed by atoms with Crippen molar-refractivity contribution in [3.63, 3.8) is 0 Å². The van der Waals surface area contributed by atoms with E-state index >= 15 is 0 Å². The maximum atomic E-state index is 13.6. The third-order valence-corrected chi connectivity index (χ3v) is 7.13. The molecule has 0 saturated carbocycles. The van der Waals surface area contributed by atoms with Crippen molar-refractivity contribution in [2.45, 2.75) is 72.4 Å². The van der Waals surface area contributed by atoms with Gasteiger partial charge in [0.25, 0.3) is 0 Å². The lowest BCUT2D eigenvalue weighted by Gasteiger charge is -2.45. The lowest BCUT2D eigenvalue weighted by Crippen LogP contribution is -2.71. The number of hydrogen-bond donors (Lipinski definition) is 1. The van der Waals surface area contributed by atoms with Crippen molar-refractivity contribution in [2.24, 2.45) is 5.41 Å². The summed E-state index contributed by atoms with van der Waals surface area (Å²) in [7, 11) is 0. The second-order valence-electron chi connectivity index (χ2n) is 11.6. The molecule has 0 saturated heterocycles. The Bertz CT molecular complexity index is 1110. The van der Waals surface area contributed by atoms with Crippen LogP contribution >= 0.6 is 0 Å². The summed E-state index contributed by atoms with van der Waals surface area (Å²) in [4.78, 5) is 10.3. The van der Waals surface area contributed by atoms with E-state index in [4.69, 9.17) is 9.84 Å². The van der Waals surface area contributed by atoms with Gasteiger partial charge in [0.1, 0.15) is 6.61 Å². The molecule has 0 aliphatic rings. The molecule has 0 aromatic carbocycles. The van der Waals surface area contributed by atoms with Gasteiger partial charge in [-0.15, -0.1) is 0 Å². The van der Waals surface area contributed by atoms with Gasteiger partial charge in [-0.3, -0.25) is 0 Å². The van der Waals surface area contributed by atoms with Crippen LogP contribution < -0.4 is 0 Å². The van der Waals surface area contributed by atoms with Crippen molar-refractivity contribution < 1.29 is 162 Å². The van der Waals surface area contributed by atoms with Gasteiger partial charge in [0.2, 0.25) is 0 Å². The minimum absolute atomic E-state index is 0.418. The molecule has 0 radical (unpaired) electrons. The minimum Gasteiger partial charge on any atom is -0.480 e. The summed E-state index contributed by atoms with van der Waals surface area (Å²) >= 11 is 0. The Kier molecular flexibility index (Phi) is 18.7. The molecule has 0 aliphatic heterocycles. The lowest BCUT2D eigenvalue weighted by molar-refractivity contribution is -0.474. The smallest absolute Gasteiger partial charge is 0.435 e. The molecule has 0 fully saturated rings. The fraction of sp³-hybridized carbons (Fsp3) is 0.960. The molecule has 0 rings (SSSR count). The summed E-state index contributed by atoms with van der Waals surface area (Å²) in [5.74, 6) is -1.45. The van der Waals surface area contributed by atoms with Gasteiger partial charge in [0.05, 0.1) is 71.5 Å². The van der Waals surface area contributed by atoms with Gasteiger partial charge in [0.15, 0.2) is 0 Å². The van der Waals surface area contributed by atoms with Crippen molar-refractivity contribution in [3.8, 4) is 0 Å². The Balaban J connectivity index is 7.76. The quantitative estimate of drug-likeness (QED) is 0.0847. The molecule has 0 aliphatic carbocycles. The monoisotopic (exact) mass is 980 g/mol. The van der Waals surface area contributed by atoms with Crippen LogP contribution in [0.25, 0.3) is 0 Å². The Hall–Kier alpha value is -2.70. The van der Waals surface area contributed by atoms with Crippen LogP contribution in [0.1, 0.15) is 0 Å². The van der Waals surface area contributed by atoms with Gasteiger partial charge in [-0.25, -0.2) is 4.79 Å². The lowest BCUT2D eigenvalue weighted by atomic mass is 9.89. The fourth-order valence-electron chi connectivity index (χ4n) is 4.22. The average Bonchev–Trinajstić information content (AvgIpc) is 2.95. The molecule has 0 aromatic rings. The summed E-state index contributed by atoms with van der Waals surface area (Å²) in [6, 6.07) is 0. The molecule has 0 aromatic heterocycles. The first-order valence-corrected chi connectivity index (χ1v) is 14.8. The van der Waals surface area contributed by atoms with E-state index in [1.165, 1.54) is 0 Å². The summed E-state index contributed by atoms with van der Waals surface area (Å²) in [5, 5.41) is 8.37. The van der Waals surface area contributed by atoms with Crippen molar-refractivity contribution in [1.82, 2.24) is 0 Å². The van der Waals surface area contributed by atoms with E-state index in [-0.39, 0.29) is 0 Å². The standard InChI is InChI=1S/C25H23F27O9/c26-17(27,28)14(18(29,30)31,19(32,33)34)59-9-13(8-58-6-4-56-2-1-55-3-5-57-7-12(53)54,10-60-15(20(35,36)37,21(38,39)40)22(41,42)43)11-61-16(23(44,45)46,24(47,48)49)25(50,51)52/h1-11H2,(H,53,54). The molecule has 36 heteroatoms. The van der Waals surface area contributed by atoms with Gasteiger partial charge in [0, 0.05) is 0 Å². The van der Waals surface area contributed by atoms with Gasteiger partial charge in [-0.2, -0.15) is 119 Å². The highest BCUT2D eigenvalue weighted by Gasteiger charge is 2.88. The van der Waals surface area contributed by atoms with Crippen LogP contribution in [0.15, 0.2) is 0 Å². The zero-order valence-electron chi connectivity index (χ0n) is 28.7. The van der Waals surface area contributed by atoms with Crippen LogP contribution in [0.3, 0.4) is 0 Å². The number of carboxylic acid groups (broad SMARTS) is 1. The number of aliphatic carboxylic acids is 1. The van der Waals surface area contributed by atoms with Crippen LogP contribution in [0.2, 0.25) is 0 Å². The van der Waals surface area contributed by atoms with Gasteiger partial charge in [-0.1, -0.05) is 0 Å². The summed E-state index contributed by atoms with van der Waals surface area (Å²) in [6.45, 7) is -20.9. The molecule has 0 bridgehead atoms. The number of carbonyl (C=O) groups is 1. The average molecular weight is 980 g/mol. The Morgan fingerprint density at radius 1 is 0.311 bits per heavy atom. The van der Waals surface area contributed by atoms with E-state index in [0.717, 1.165) is 0 Å². The number of ether oxygens (including phenoxy) is 7. The van der Waals surface area contributed by atoms with Crippen LogP contribution in [0.4, 0.5) is 119 Å².